The van der Waals surface area contributed by atoms with E-state index in [0.29, 0.717) is 11.1 Å². The molecule has 0 saturated carbocycles. The fourth-order valence-corrected chi connectivity index (χ4v) is 7.35. The summed E-state index contributed by atoms with van der Waals surface area (Å²) in [7, 11) is -2.11. The Morgan fingerprint density at radius 3 is 1.31 bits per heavy atom. The molecule has 0 aromatic heterocycles. The lowest BCUT2D eigenvalue weighted by molar-refractivity contribution is -0.300. The fourth-order valence-electron chi connectivity index (χ4n) is 6.31. The van der Waals surface area contributed by atoms with E-state index in [1.807, 2.05) is 133 Å². The lowest BCUT2D eigenvalue weighted by atomic mass is 9.98. The van der Waals surface area contributed by atoms with Crippen molar-refractivity contribution in [1.29, 1.82) is 0 Å². The van der Waals surface area contributed by atoms with Crippen LogP contribution in [-0.2, 0) is 63.7 Å². The molecule has 1 aliphatic heterocycles. The highest BCUT2D eigenvalue weighted by atomic mass is 31.2. The van der Waals surface area contributed by atoms with Crippen molar-refractivity contribution < 1.29 is 46.8 Å². The van der Waals surface area contributed by atoms with E-state index in [9.17, 15) is 9.59 Å². The van der Waals surface area contributed by atoms with Crippen LogP contribution >= 0.6 is 8.60 Å². The van der Waals surface area contributed by atoms with E-state index in [1.54, 1.807) is 48.5 Å². The van der Waals surface area contributed by atoms with Gasteiger partial charge >= 0.3 is 20.5 Å². The van der Waals surface area contributed by atoms with Crippen molar-refractivity contribution >= 4 is 20.5 Å². The summed E-state index contributed by atoms with van der Waals surface area (Å²) in [6.07, 6.45) is -5.47. The van der Waals surface area contributed by atoms with Crippen LogP contribution in [0.1, 0.15) is 43.0 Å². The molecule has 1 saturated heterocycles. The van der Waals surface area contributed by atoms with Gasteiger partial charge in [0.1, 0.15) is 24.9 Å². The van der Waals surface area contributed by atoms with Gasteiger partial charge in [-0.15, -0.1) is 0 Å². The standard InChI is InChI=1S/C48H45O10P/c49-46(40-27-15-5-16-28-40)53-35-42-43(57-47(50)41-29-17-6-18-30-41)44(51-31-36-19-7-1-8-20-36)45(52-32-37-21-9-2-10-22-37)48(56-42)58-59(54-33-38-23-11-3-12-24-38)55-34-39-25-13-4-14-26-39/h1-30,42-45,48H,31-35H2/t42-,43+,44+,45-,48-/m1/s1. The quantitative estimate of drug-likeness (QED) is 0.0580. The lowest BCUT2D eigenvalue weighted by Gasteiger charge is -2.45. The molecule has 6 aromatic carbocycles. The Kier molecular flexibility index (Phi) is 15.5. The Hall–Kier alpha value is -5.55. The van der Waals surface area contributed by atoms with Crippen molar-refractivity contribution in [3.8, 4) is 0 Å². The molecule has 0 aliphatic carbocycles. The molecule has 1 heterocycles. The van der Waals surface area contributed by atoms with Crippen molar-refractivity contribution in [2.75, 3.05) is 6.61 Å². The highest BCUT2D eigenvalue weighted by molar-refractivity contribution is 7.41. The first kappa shape index (κ1) is 41.6. The predicted octanol–water partition coefficient (Wildman–Crippen LogP) is 9.64. The summed E-state index contributed by atoms with van der Waals surface area (Å²) in [5, 5.41) is 0. The third-order valence-electron chi connectivity index (χ3n) is 9.35. The van der Waals surface area contributed by atoms with Crippen LogP contribution in [0.5, 0.6) is 0 Å². The first-order valence-electron chi connectivity index (χ1n) is 19.3. The number of hydrogen-bond donors (Lipinski definition) is 0. The summed E-state index contributed by atoms with van der Waals surface area (Å²) >= 11 is 0. The topological polar surface area (TPSA) is 108 Å². The molecule has 10 nitrogen and oxygen atoms in total. The molecule has 1 fully saturated rings. The van der Waals surface area contributed by atoms with E-state index in [-0.39, 0.29) is 33.0 Å². The summed E-state index contributed by atoms with van der Waals surface area (Å²) in [4.78, 5) is 27.2. The van der Waals surface area contributed by atoms with Crippen LogP contribution in [0, 0.1) is 0 Å². The van der Waals surface area contributed by atoms with Crippen LogP contribution in [0.3, 0.4) is 0 Å². The van der Waals surface area contributed by atoms with E-state index in [4.69, 9.17) is 37.3 Å². The number of ether oxygens (including phenoxy) is 5. The molecule has 0 radical (unpaired) electrons. The lowest BCUT2D eigenvalue weighted by Crippen LogP contribution is -2.62. The molecule has 0 unspecified atom stereocenters. The average molecular weight is 813 g/mol. The van der Waals surface area contributed by atoms with Crippen molar-refractivity contribution in [2.24, 2.45) is 0 Å². The van der Waals surface area contributed by atoms with Crippen LogP contribution in [0.4, 0.5) is 0 Å². The van der Waals surface area contributed by atoms with E-state index >= 15 is 0 Å². The molecule has 302 valence electrons. The summed E-state index contributed by atoms with van der Waals surface area (Å²) in [5.74, 6) is -1.20. The fraction of sp³-hybridized carbons (Fsp3) is 0.208. The minimum atomic E-state index is -2.11. The molecule has 0 amide bonds. The summed E-state index contributed by atoms with van der Waals surface area (Å²) in [5.41, 5.74) is 4.25. The molecule has 59 heavy (non-hydrogen) atoms. The zero-order valence-electron chi connectivity index (χ0n) is 32.3. The third kappa shape index (κ3) is 12.5. The van der Waals surface area contributed by atoms with Gasteiger partial charge in [-0.2, -0.15) is 0 Å². The third-order valence-corrected chi connectivity index (χ3v) is 10.4. The molecule has 0 bridgehead atoms. The highest BCUT2D eigenvalue weighted by Gasteiger charge is 2.52. The Morgan fingerprint density at radius 2 is 0.847 bits per heavy atom. The maximum atomic E-state index is 13.9. The van der Waals surface area contributed by atoms with Gasteiger partial charge in [-0.3, -0.25) is 4.52 Å². The number of esters is 2. The average Bonchev–Trinajstić information content (AvgIpc) is 3.30. The predicted molar refractivity (Wildman–Crippen MR) is 222 cm³/mol. The number of rotatable bonds is 19. The molecule has 1 aliphatic rings. The van der Waals surface area contributed by atoms with Gasteiger partial charge in [0.2, 0.25) is 0 Å². The monoisotopic (exact) mass is 812 g/mol. The van der Waals surface area contributed by atoms with Crippen molar-refractivity contribution in [3.63, 3.8) is 0 Å². The molecule has 5 atom stereocenters. The van der Waals surface area contributed by atoms with Gasteiger partial charge in [0.15, 0.2) is 12.4 Å². The zero-order valence-corrected chi connectivity index (χ0v) is 33.2. The number of carbonyl (C=O) groups is 2. The maximum Gasteiger partial charge on any atom is 0.338 e. The molecule has 0 spiro atoms. The second kappa shape index (κ2) is 22.0. The van der Waals surface area contributed by atoms with Gasteiger partial charge in [-0.1, -0.05) is 158 Å². The molecule has 0 N–H and O–H groups in total. The highest BCUT2D eigenvalue weighted by Crippen LogP contribution is 2.46. The van der Waals surface area contributed by atoms with Gasteiger partial charge in [0.25, 0.3) is 0 Å². The zero-order chi connectivity index (χ0) is 40.5. The van der Waals surface area contributed by atoms with Gasteiger partial charge in [0, 0.05) is 0 Å². The normalized spacial score (nSPS) is 18.9. The first-order valence-corrected chi connectivity index (χ1v) is 20.4. The van der Waals surface area contributed by atoms with Crippen LogP contribution in [0.25, 0.3) is 0 Å². The van der Waals surface area contributed by atoms with Crippen molar-refractivity contribution in [2.45, 2.75) is 57.1 Å². The largest absolute Gasteiger partial charge is 0.459 e. The second-order valence-electron chi connectivity index (χ2n) is 13.6. The van der Waals surface area contributed by atoms with Crippen LogP contribution in [0.15, 0.2) is 182 Å². The van der Waals surface area contributed by atoms with Crippen LogP contribution in [0.2, 0.25) is 0 Å². The first-order chi connectivity index (χ1) is 29.1. The van der Waals surface area contributed by atoms with E-state index in [2.05, 4.69) is 0 Å². The van der Waals surface area contributed by atoms with Gasteiger partial charge in [-0.05, 0) is 46.5 Å². The van der Waals surface area contributed by atoms with Crippen molar-refractivity contribution in [3.05, 3.63) is 215 Å². The Labute approximate surface area is 345 Å². The van der Waals surface area contributed by atoms with E-state index < -0.39 is 51.2 Å². The number of benzene rings is 6. The molecule has 11 heteroatoms. The second-order valence-corrected chi connectivity index (χ2v) is 14.8. The van der Waals surface area contributed by atoms with Gasteiger partial charge in [0.05, 0.1) is 37.6 Å². The molecular formula is C48H45O10P. The minimum Gasteiger partial charge on any atom is -0.459 e. The van der Waals surface area contributed by atoms with E-state index in [1.165, 1.54) is 0 Å². The van der Waals surface area contributed by atoms with Gasteiger partial charge in [-0.25, -0.2) is 9.59 Å². The van der Waals surface area contributed by atoms with Crippen LogP contribution in [-0.4, -0.2) is 49.3 Å². The van der Waals surface area contributed by atoms with Gasteiger partial charge < -0.3 is 32.7 Å². The number of carbonyl (C=O) groups excluding carboxylic acids is 2. The maximum absolute atomic E-state index is 13.9. The summed E-state index contributed by atoms with van der Waals surface area (Å²) < 4.78 is 51.7. The molecule has 7 rings (SSSR count). The molecular weight excluding hydrogens is 767 g/mol. The minimum absolute atomic E-state index is 0.128. The van der Waals surface area contributed by atoms with Crippen molar-refractivity contribution in [1.82, 2.24) is 0 Å². The Bertz CT molecular complexity index is 2090. The Balaban J connectivity index is 1.24. The number of hydrogen-bond acceptors (Lipinski definition) is 10. The summed E-state index contributed by atoms with van der Waals surface area (Å²) in [6.45, 7) is 0.328. The SMILES string of the molecule is O=C(OC[C@H]1O[C@H](OP(OCc2ccccc2)OCc2ccccc2)[C@H](OCc2ccccc2)[C@@H](OCc2ccccc2)[C@H]1OC(=O)c1ccccc1)c1ccccc1. The molecule has 6 aromatic rings. The Morgan fingerprint density at radius 1 is 0.458 bits per heavy atom. The van der Waals surface area contributed by atoms with E-state index in [0.717, 1.165) is 22.3 Å². The smallest absolute Gasteiger partial charge is 0.338 e. The summed E-state index contributed by atoms with van der Waals surface area (Å²) in [6, 6.07) is 55.9. The van der Waals surface area contributed by atoms with Crippen LogP contribution < -0.4 is 0 Å².